The van der Waals surface area contributed by atoms with Gasteiger partial charge in [0.25, 0.3) is 11.5 Å². The molecule has 20 heavy (non-hydrogen) atoms. The minimum Gasteiger partial charge on any atom is -0.481 e. The second-order valence-corrected chi connectivity index (χ2v) is 4.26. The fraction of sp³-hybridized carbons (Fsp3) is 0.214. The van der Waals surface area contributed by atoms with E-state index in [0.717, 1.165) is 5.56 Å². The highest BCUT2D eigenvalue weighted by atomic mass is 16.5. The SMILES string of the molecule is COc1ccc(CNC(=O)c2ccn(C)c(=O)c2)cn1. The van der Waals surface area contributed by atoms with Crippen LogP contribution in [0.1, 0.15) is 15.9 Å². The molecule has 1 N–H and O–H groups in total. The number of nitrogens with one attached hydrogen (secondary N) is 1. The van der Waals surface area contributed by atoms with Gasteiger partial charge in [-0.15, -0.1) is 0 Å². The predicted molar refractivity (Wildman–Crippen MR) is 73.6 cm³/mol. The number of nitrogens with zero attached hydrogens (tertiary/aromatic N) is 2. The van der Waals surface area contributed by atoms with E-state index in [-0.39, 0.29) is 11.5 Å². The average molecular weight is 273 g/mol. The molecule has 6 nitrogen and oxygen atoms in total. The molecule has 6 heteroatoms. The van der Waals surface area contributed by atoms with E-state index in [1.165, 1.54) is 10.6 Å². The third kappa shape index (κ3) is 3.23. The van der Waals surface area contributed by atoms with Gasteiger partial charge in [-0.3, -0.25) is 9.59 Å². The van der Waals surface area contributed by atoms with E-state index in [4.69, 9.17) is 4.74 Å². The van der Waals surface area contributed by atoms with E-state index in [0.29, 0.717) is 18.0 Å². The first-order valence-corrected chi connectivity index (χ1v) is 6.04. The minimum absolute atomic E-state index is 0.219. The van der Waals surface area contributed by atoms with Gasteiger partial charge in [-0.05, 0) is 11.6 Å². The van der Waals surface area contributed by atoms with E-state index in [9.17, 15) is 9.59 Å². The van der Waals surface area contributed by atoms with Gasteiger partial charge in [-0.2, -0.15) is 0 Å². The quantitative estimate of drug-likeness (QED) is 0.890. The molecule has 0 fully saturated rings. The maximum absolute atomic E-state index is 11.9. The van der Waals surface area contributed by atoms with Crippen LogP contribution in [0.3, 0.4) is 0 Å². The van der Waals surface area contributed by atoms with Crippen molar-refractivity contribution in [2.75, 3.05) is 7.11 Å². The molecule has 2 heterocycles. The van der Waals surface area contributed by atoms with Gasteiger partial charge in [0.2, 0.25) is 5.88 Å². The largest absolute Gasteiger partial charge is 0.481 e. The van der Waals surface area contributed by atoms with Gasteiger partial charge < -0.3 is 14.6 Å². The molecule has 0 aliphatic rings. The van der Waals surface area contributed by atoms with Crippen molar-refractivity contribution in [3.63, 3.8) is 0 Å². The highest BCUT2D eigenvalue weighted by Gasteiger charge is 2.06. The number of carbonyl (C=O) groups is 1. The highest BCUT2D eigenvalue weighted by Crippen LogP contribution is 2.06. The summed E-state index contributed by atoms with van der Waals surface area (Å²) in [6.45, 7) is 0.338. The van der Waals surface area contributed by atoms with Crippen molar-refractivity contribution in [2.24, 2.45) is 7.05 Å². The minimum atomic E-state index is -0.293. The number of carbonyl (C=O) groups excluding carboxylic acids is 1. The Morgan fingerprint density at radius 2 is 2.20 bits per heavy atom. The second kappa shape index (κ2) is 6.01. The van der Waals surface area contributed by atoms with E-state index in [1.807, 2.05) is 6.07 Å². The molecule has 0 aliphatic carbocycles. The predicted octanol–water partition coefficient (Wildman–Crippen LogP) is 0.719. The molecule has 0 aliphatic heterocycles. The summed E-state index contributed by atoms with van der Waals surface area (Å²) in [4.78, 5) is 27.4. The Balaban J connectivity index is 2.00. The molecule has 2 rings (SSSR count). The lowest BCUT2D eigenvalue weighted by Crippen LogP contribution is -2.25. The summed E-state index contributed by atoms with van der Waals surface area (Å²) >= 11 is 0. The van der Waals surface area contributed by atoms with Gasteiger partial charge in [-0.1, -0.05) is 6.07 Å². The van der Waals surface area contributed by atoms with Crippen LogP contribution in [0.5, 0.6) is 5.88 Å². The lowest BCUT2D eigenvalue weighted by molar-refractivity contribution is 0.0950. The van der Waals surface area contributed by atoms with Crippen LogP contribution in [0, 0.1) is 0 Å². The molecular weight excluding hydrogens is 258 g/mol. The molecule has 104 valence electrons. The number of hydrogen-bond donors (Lipinski definition) is 1. The summed E-state index contributed by atoms with van der Waals surface area (Å²) in [6.07, 6.45) is 3.19. The van der Waals surface area contributed by atoms with Crippen molar-refractivity contribution >= 4 is 5.91 Å². The Morgan fingerprint density at radius 3 is 2.80 bits per heavy atom. The number of ether oxygens (including phenoxy) is 1. The number of aromatic nitrogens is 2. The van der Waals surface area contributed by atoms with Gasteiger partial charge in [0.15, 0.2) is 0 Å². The topological polar surface area (TPSA) is 73.2 Å². The monoisotopic (exact) mass is 273 g/mol. The first-order chi connectivity index (χ1) is 9.60. The first kappa shape index (κ1) is 13.8. The number of hydrogen-bond acceptors (Lipinski definition) is 4. The third-order valence-corrected chi connectivity index (χ3v) is 2.83. The van der Waals surface area contributed by atoms with Gasteiger partial charge in [-0.25, -0.2) is 4.98 Å². The summed E-state index contributed by atoms with van der Waals surface area (Å²) in [5, 5.41) is 2.73. The Labute approximate surface area is 116 Å². The molecule has 0 bridgehead atoms. The van der Waals surface area contributed by atoms with Crippen LogP contribution in [0.2, 0.25) is 0 Å². The van der Waals surface area contributed by atoms with Crippen LogP contribution in [-0.4, -0.2) is 22.6 Å². The van der Waals surface area contributed by atoms with Gasteiger partial charge in [0, 0.05) is 43.7 Å². The van der Waals surface area contributed by atoms with Crippen LogP contribution in [-0.2, 0) is 13.6 Å². The fourth-order valence-corrected chi connectivity index (χ4v) is 1.61. The number of pyridine rings is 2. The lowest BCUT2D eigenvalue weighted by Gasteiger charge is -2.06. The standard InChI is InChI=1S/C14H15N3O3/c1-17-6-5-11(7-13(17)18)14(19)16-9-10-3-4-12(20-2)15-8-10/h3-8H,9H2,1-2H3,(H,16,19). The van der Waals surface area contributed by atoms with Crippen LogP contribution in [0.15, 0.2) is 41.5 Å². The van der Waals surface area contributed by atoms with Crippen LogP contribution in [0.4, 0.5) is 0 Å². The van der Waals surface area contributed by atoms with Crippen LogP contribution >= 0.6 is 0 Å². The first-order valence-electron chi connectivity index (χ1n) is 6.04. The van der Waals surface area contributed by atoms with E-state index in [1.54, 1.807) is 38.7 Å². The molecule has 0 unspecified atom stereocenters. The molecule has 0 atom stereocenters. The van der Waals surface area contributed by atoms with Crippen molar-refractivity contribution < 1.29 is 9.53 Å². The number of rotatable bonds is 4. The highest BCUT2D eigenvalue weighted by molar-refractivity contribution is 5.93. The van der Waals surface area contributed by atoms with Crippen molar-refractivity contribution in [1.82, 2.24) is 14.9 Å². The zero-order valence-corrected chi connectivity index (χ0v) is 11.3. The van der Waals surface area contributed by atoms with Crippen molar-refractivity contribution in [2.45, 2.75) is 6.54 Å². The molecule has 1 amide bonds. The van der Waals surface area contributed by atoms with E-state index < -0.39 is 0 Å². The summed E-state index contributed by atoms with van der Waals surface area (Å²) in [5.74, 6) is 0.227. The molecule has 2 aromatic rings. The van der Waals surface area contributed by atoms with E-state index >= 15 is 0 Å². The van der Waals surface area contributed by atoms with E-state index in [2.05, 4.69) is 10.3 Å². The van der Waals surface area contributed by atoms with Gasteiger partial charge in [0.1, 0.15) is 0 Å². The Hall–Kier alpha value is -2.63. The molecule has 0 radical (unpaired) electrons. The zero-order chi connectivity index (χ0) is 14.5. The van der Waals surface area contributed by atoms with Crippen molar-refractivity contribution in [3.8, 4) is 5.88 Å². The Morgan fingerprint density at radius 1 is 1.40 bits per heavy atom. The van der Waals surface area contributed by atoms with Crippen LogP contribution < -0.4 is 15.6 Å². The smallest absolute Gasteiger partial charge is 0.251 e. The normalized spacial score (nSPS) is 10.1. The molecule has 0 saturated carbocycles. The number of aryl methyl sites for hydroxylation is 1. The molecular formula is C14H15N3O3. The van der Waals surface area contributed by atoms with Crippen LogP contribution in [0.25, 0.3) is 0 Å². The lowest BCUT2D eigenvalue weighted by atomic mass is 10.2. The zero-order valence-electron chi connectivity index (χ0n) is 11.3. The average Bonchev–Trinajstić information content (AvgIpc) is 2.48. The fourth-order valence-electron chi connectivity index (χ4n) is 1.61. The Kier molecular flexibility index (Phi) is 4.14. The number of methoxy groups -OCH3 is 1. The summed E-state index contributed by atoms with van der Waals surface area (Å²) in [7, 11) is 3.17. The van der Waals surface area contributed by atoms with Gasteiger partial charge >= 0.3 is 0 Å². The maximum Gasteiger partial charge on any atom is 0.251 e. The van der Waals surface area contributed by atoms with Crippen molar-refractivity contribution in [3.05, 3.63) is 58.1 Å². The second-order valence-electron chi connectivity index (χ2n) is 4.26. The Bertz CT molecular complexity index is 662. The third-order valence-electron chi connectivity index (χ3n) is 2.83. The molecule has 0 saturated heterocycles. The molecule has 2 aromatic heterocycles. The summed E-state index contributed by atoms with van der Waals surface area (Å²) < 4.78 is 6.36. The van der Waals surface area contributed by atoms with Crippen molar-refractivity contribution in [1.29, 1.82) is 0 Å². The molecule has 0 aromatic carbocycles. The maximum atomic E-state index is 11.9. The summed E-state index contributed by atoms with van der Waals surface area (Å²) in [6, 6.07) is 6.44. The summed E-state index contributed by atoms with van der Waals surface area (Å²) in [5.41, 5.74) is 0.973. The number of amides is 1. The molecule has 0 spiro atoms. The van der Waals surface area contributed by atoms with Gasteiger partial charge in [0.05, 0.1) is 7.11 Å².